The summed E-state index contributed by atoms with van der Waals surface area (Å²) in [5.74, 6) is 0.176. The number of nitrogens with one attached hydrogen (secondary N) is 2. The van der Waals surface area contributed by atoms with E-state index in [1.54, 1.807) is 18.3 Å². The van der Waals surface area contributed by atoms with Crippen LogP contribution in [-0.4, -0.2) is 23.3 Å². The predicted octanol–water partition coefficient (Wildman–Crippen LogP) is 1.18. The number of carbonyl (C=O) groups is 2. The Bertz CT molecular complexity index is 441. The largest absolute Gasteiger partial charge is 0.352 e. The second kappa shape index (κ2) is 4.95. The van der Waals surface area contributed by atoms with Gasteiger partial charge in [0.1, 0.15) is 5.82 Å². The lowest BCUT2D eigenvalue weighted by molar-refractivity contribution is -0.117. The van der Waals surface area contributed by atoms with Gasteiger partial charge in [0.05, 0.1) is 5.56 Å². The molecule has 5 nitrogen and oxygen atoms in total. The van der Waals surface area contributed by atoms with Crippen molar-refractivity contribution in [3.63, 3.8) is 0 Å². The molecule has 5 heteroatoms. The first kappa shape index (κ1) is 11.6. The summed E-state index contributed by atoms with van der Waals surface area (Å²) in [6, 6.07) is 3.33. The topological polar surface area (TPSA) is 71.1 Å². The fourth-order valence-electron chi connectivity index (χ4n) is 1.51. The van der Waals surface area contributed by atoms with E-state index in [2.05, 4.69) is 15.6 Å². The molecule has 0 aliphatic heterocycles. The van der Waals surface area contributed by atoms with E-state index in [0.717, 1.165) is 12.8 Å². The molecule has 17 heavy (non-hydrogen) atoms. The van der Waals surface area contributed by atoms with Crippen molar-refractivity contribution < 1.29 is 9.59 Å². The van der Waals surface area contributed by atoms with Gasteiger partial charge in [-0.2, -0.15) is 0 Å². The van der Waals surface area contributed by atoms with Crippen molar-refractivity contribution >= 4 is 17.6 Å². The number of nitrogens with zero attached hydrogens (tertiary/aromatic N) is 1. The van der Waals surface area contributed by atoms with Crippen molar-refractivity contribution in [1.82, 2.24) is 10.3 Å². The number of hydrogen-bond acceptors (Lipinski definition) is 3. The first-order valence-corrected chi connectivity index (χ1v) is 5.76. The minimum absolute atomic E-state index is 0.0470. The second-order valence-electron chi connectivity index (χ2n) is 4.02. The number of carbonyl (C=O) groups excluding carboxylic acids is 2. The third-order valence-corrected chi connectivity index (χ3v) is 2.58. The Morgan fingerprint density at radius 2 is 2.24 bits per heavy atom. The van der Waals surface area contributed by atoms with Gasteiger partial charge in [-0.05, 0) is 31.9 Å². The number of hydrogen-bond donors (Lipinski definition) is 2. The highest BCUT2D eigenvalue weighted by Crippen LogP contribution is 2.30. The number of pyridine rings is 1. The second-order valence-corrected chi connectivity index (χ2v) is 4.02. The summed E-state index contributed by atoms with van der Waals surface area (Å²) in [6.45, 7) is 2.39. The Kier molecular flexibility index (Phi) is 3.37. The molecule has 2 rings (SSSR count). The summed E-state index contributed by atoms with van der Waals surface area (Å²) in [7, 11) is 0. The van der Waals surface area contributed by atoms with E-state index >= 15 is 0 Å². The van der Waals surface area contributed by atoms with Gasteiger partial charge in [0.25, 0.3) is 5.91 Å². The molecule has 0 unspecified atom stereocenters. The van der Waals surface area contributed by atoms with Crippen LogP contribution in [0.4, 0.5) is 5.82 Å². The van der Waals surface area contributed by atoms with Crippen molar-refractivity contribution in [1.29, 1.82) is 0 Å². The fourth-order valence-corrected chi connectivity index (χ4v) is 1.51. The van der Waals surface area contributed by atoms with Crippen molar-refractivity contribution in [2.45, 2.75) is 19.8 Å². The van der Waals surface area contributed by atoms with Crippen molar-refractivity contribution in [3.05, 3.63) is 23.9 Å². The molecule has 2 N–H and O–H groups in total. The first-order valence-electron chi connectivity index (χ1n) is 5.76. The fraction of sp³-hybridized carbons (Fsp3) is 0.417. The van der Waals surface area contributed by atoms with Gasteiger partial charge < -0.3 is 10.6 Å². The minimum atomic E-state index is -0.216. The van der Waals surface area contributed by atoms with Gasteiger partial charge >= 0.3 is 0 Å². The molecular formula is C12H15N3O2. The van der Waals surface area contributed by atoms with Gasteiger partial charge in [-0.25, -0.2) is 4.98 Å². The van der Waals surface area contributed by atoms with Crippen LogP contribution in [0, 0.1) is 5.92 Å². The Balaban J connectivity index is 2.14. The summed E-state index contributed by atoms with van der Waals surface area (Å²) in [6.07, 6.45) is 3.41. The molecule has 2 amide bonds. The molecule has 1 aliphatic rings. The molecule has 0 saturated heterocycles. The van der Waals surface area contributed by atoms with Gasteiger partial charge in [-0.3, -0.25) is 9.59 Å². The van der Waals surface area contributed by atoms with Crippen LogP contribution in [-0.2, 0) is 4.79 Å². The molecule has 1 heterocycles. The summed E-state index contributed by atoms with van der Waals surface area (Å²) in [5, 5.41) is 5.39. The van der Waals surface area contributed by atoms with Crippen LogP contribution in [0.2, 0.25) is 0 Å². The highest BCUT2D eigenvalue weighted by molar-refractivity contribution is 6.03. The zero-order valence-electron chi connectivity index (χ0n) is 9.69. The van der Waals surface area contributed by atoms with E-state index in [9.17, 15) is 9.59 Å². The number of amides is 2. The molecule has 0 aromatic carbocycles. The van der Waals surface area contributed by atoms with E-state index in [4.69, 9.17) is 0 Å². The normalized spacial score (nSPS) is 14.2. The summed E-state index contributed by atoms with van der Waals surface area (Å²) >= 11 is 0. The third kappa shape index (κ3) is 2.81. The molecule has 1 aromatic heterocycles. The third-order valence-electron chi connectivity index (χ3n) is 2.58. The van der Waals surface area contributed by atoms with E-state index in [1.807, 2.05) is 6.92 Å². The molecule has 90 valence electrons. The van der Waals surface area contributed by atoms with Crippen LogP contribution in [0.3, 0.4) is 0 Å². The van der Waals surface area contributed by atoms with E-state index in [0.29, 0.717) is 17.9 Å². The summed E-state index contributed by atoms with van der Waals surface area (Å²) in [4.78, 5) is 27.4. The zero-order chi connectivity index (χ0) is 12.3. The van der Waals surface area contributed by atoms with Gasteiger partial charge in [-0.1, -0.05) is 0 Å². The van der Waals surface area contributed by atoms with Crippen molar-refractivity contribution in [2.75, 3.05) is 11.9 Å². The lowest BCUT2D eigenvalue weighted by Gasteiger charge is -2.08. The quantitative estimate of drug-likeness (QED) is 0.820. The van der Waals surface area contributed by atoms with Crippen LogP contribution < -0.4 is 10.6 Å². The highest BCUT2D eigenvalue weighted by atomic mass is 16.2. The number of rotatable bonds is 4. The lowest BCUT2D eigenvalue weighted by Crippen LogP contribution is -2.25. The highest BCUT2D eigenvalue weighted by Gasteiger charge is 2.30. The Labute approximate surface area is 99.6 Å². The molecule has 0 atom stereocenters. The van der Waals surface area contributed by atoms with Gasteiger partial charge in [0.15, 0.2) is 0 Å². The maximum absolute atomic E-state index is 11.7. The standard InChI is InChI=1S/C12H15N3O2/c1-2-13-12(17)9-4-3-7-14-10(9)15-11(16)8-5-6-8/h3-4,7-8H,2,5-6H2,1H3,(H,13,17)(H,14,15,16). The zero-order valence-corrected chi connectivity index (χ0v) is 9.69. The molecule has 1 aromatic rings. The average Bonchev–Trinajstić information content (AvgIpc) is 3.13. The molecule has 1 aliphatic carbocycles. The molecule has 0 bridgehead atoms. The molecule has 1 saturated carbocycles. The maximum atomic E-state index is 11.7. The maximum Gasteiger partial charge on any atom is 0.255 e. The lowest BCUT2D eigenvalue weighted by atomic mass is 10.2. The van der Waals surface area contributed by atoms with E-state index < -0.39 is 0 Å². The predicted molar refractivity (Wildman–Crippen MR) is 63.6 cm³/mol. The Morgan fingerprint density at radius 3 is 2.88 bits per heavy atom. The minimum Gasteiger partial charge on any atom is -0.352 e. The molecule has 0 radical (unpaired) electrons. The molecule has 1 fully saturated rings. The van der Waals surface area contributed by atoms with Crippen LogP contribution in [0.15, 0.2) is 18.3 Å². The SMILES string of the molecule is CCNC(=O)c1cccnc1NC(=O)C1CC1. The molecule has 0 spiro atoms. The van der Waals surface area contributed by atoms with Crippen molar-refractivity contribution in [2.24, 2.45) is 5.92 Å². The van der Waals surface area contributed by atoms with Crippen LogP contribution in [0.1, 0.15) is 30.1 Å². The van der Waals surface area contributed by atoms with Gasteiger partial charge in [0.2, 0.25) is 5.91 Å². The van der Waals surface area contributed by atoms with Gasteiger partial charge in [-0.15, -0.1) is 0 Å². The van der Waals surface area contributed by atoms with Crippen LogP contribution >= 0.6 is 0 Å². The van der Waals surface area contributed by atoms with Crippen LogP contribution in [0.25, 0.3) is 0 Å². The summed E-state index contributed by atoms with van der Waals surface area (Å²) in [5.41, 5.74) is 0.406. The average molecular weight is 233 g/mol. The summed E-state index contributed by atoms with van der Waals surface area (Å²) < 4.78 is 0. The number of anilines is 1. The van der Waals surface area contributed by atoms with E-state index in [1.165, 1.54) is 0 Å². The first-order chi connectivity index (χ1) is 8.22. The molecular weight excluding hydrogens is 218 g/mol. The number of aromatic nitrogens is 1. The van der Waals surface area contributed by atoms with Crippen molar-refractivity contribution in [3.8, 4) is 0 Å². The van der Waals surface area contributed by atoms with E-state index in [-0.39, 0.29) is 17.7 Å². The van der Waals surface area contributed by atoms with Gasteiger partial charge in [0, 0.05) is 18.7 Å². The Morgan fingerprint density at radius 1 is 1.47 bits per heavy atom. The monoisotopic (exact) mass is 233 g/mol. The Hall–Kier alpha value is -1.91. The smallest absolute Gasteiger partial charge is 0.255 e. The van der Waals surface area contributed by atoms with Crippen LogP contribution in [0.5, 0.6) is 0 Å².